The second kappa shape index (κ2) is 8.06. The van der Waals surface area contributed by atoms with Crippen LogP contribution in [-0.2, 0) is 0 Å². The van der Waals surface area contributed by atoms with Crippen LogP contribution in [0.5, 0.6) is 0 Å². The summed E-state index contributed by atoms with van der Waals surface area (Å²) in [5, 5.41) is 3.02. The first-order valence-electron chi connectivity index (χ1n) is 4.95. The van der Waals surface area contributed by atoms with E-state index < -0.39 is 0 Å². The lowest BCUT2D eigenvalue weighted by atomic mass is 10.2. The van der Waals surface area contributed by atoms with Gasteiger partial charge in [-0.25, -0.2) is 0 Å². The van der Waals surface area contributed by atoms with Crippen molar-refractivity contribution in [3.63, 3.8) is 0 Å². The maximum Gasteiger partial charge on any atom is -0.00546 e. The Morgan fingerprint density at radius 2 is 1.82 bits per heavy atom. The molecule has 0 aromatic heterocycles. The zero-order valence-electron chi connectivity index (χ0n) is 8.32. The first kappa shape index (κ1) is 11.0. The lowest BCUT2D eigenvalue weighted by Crippen LogP contribution is -2.04. The second-order valence-electron chi connectivity index (χ2n) is 3.49. The van der Waals surface area contributed by atoms with E-state index in [1.807, 2.05) is 7.05 Å². The Kier molecular flexibility index (Phi) is 8.03. The molecule has 0 unspecified atom stereocenters. The fourth-order valence-corrected chi connectivity index (χ4v) is 1.38. The monoisotopic (exact) mass is 157 g/mol. The SMILES string of the molecule is CC1CCCC1.CCCNC. The van der Waals surface area contributed by atoms with Gasteiger partial charge in [-0.05, 0) is 25.9 Å². The van der Waals surface area contributed by atoms with Crippen LogP contribution in [0.2, 0.25) is 0 Å². The molecule has 1 heteroatoms. The summed E-state index contributed by atoms with van der Waals surface area (Å²) in [6.07, 6.45) is 7.18. The summed E-state index contributed by atoms with van der Waals surface area (Å²) in [5.74, 6) is 1.05. The van der Waals surface area contributed by atoms with Crippen molar-refractivity contribution in [2.45, 2.75) is 46.0 Å². The van der Waals surface area contributed by atoms with Gasteiger partial charge in [0.25, 0.3) is 0 Å². The normalized spacial score (nSPS) is 17.7. The average Bonchev–Trinajstić information content (AvgIpc) is 2.43. The van der Waals surface area contributed by atoms with Crippen molar-refractivity contribution in [2.75, 3.05) is 13.6 Å². The Morgan fingerprint density at radius 3 is 1.91 bits per heavy atom. The highest BCUT2D eigenvalue weighted by molar-refractivity contribution is 4.60. The first-order chi connectivity index (χ1) is 5.31. The summed E-state index contributed by atoms with van der Waals surface area (Å²) in [5.41, 5.74) is 0. The van der Waals surface area contributed by atoms with Crippen molar-refractivity contribution in [1.29, 1.82) is 0 Å². The highest BCUT2D eigenvalue weighted by Crippen LogP contribution is 2.22. The molecule has 0 atom stereocenters. The molecule has 0 bridgehead atoms. The third-order valence-corrected chi connectivity index (χ3v) is 2.14. The quantitative estimate of drug-likeness (QED) is 0.650. The molecule has 0 aromatic rings. The van der Waals surface area contributed by atoms with Crippen molar-refractivity contribution in [1.82, 2.24) is 5.32 Å². The predicted molar refractivity (Wildman–Crippen MR) is 51.8 cm³/mol. The van der Waals surface area contributed by atoms with Crippen molar-refractivity contribution in [2.24, 2.45) is 5.92 Å². The van der Waals surface area contributed by atoms with E-state index in [9.17, 15) is 0 Å². The van der Waals surface area contributed by atoms with Gasteiger partial charge >= 0.3 is 0 Å². The Balaban J connectivity index is 0.000000187. The predicted octanol–water partition coefficient (Wildman–Crippen LogP) is 2.81. The third-order valence-electron chi connectivity index (χ3n) is 2.14. The summed E-state index contributed by atoms with van der Waals surface area (Å²) in [6.45, 7) is 5.63. The number of nitrogens with one attached hydrogen (secondary N) is 1. The van der Waals surface area contributed by atoms with Crippen LogP contribution in [0.3, 0.4) is 0 Å². The molecule has 1 nitrogen and oxygen atoms in total. The van der Waals surface area contributed by atoms with E-state index in [2.05, 4.69) is 19.2 Å². The molecule has 1 rings (SSSR count). The number of hydrogen-bond acceptors (Lipinski definition) is 1. The van der Waals surface area contributed by atoms with Crippen LogP contribution in [0.1, 0.15) is 46.0 Å². The smallest absolute Gasteiger partial charge is 0.00546 e. The van der Waals surface area contributed by atoms with Gasteiger partial charge in [0, 0.05) is 0 Å². The van der Waals surface area contributed by atoms with Crippen LogP contribution in [0.25, 0.3) is 0 Å². The summed E-state index contributed by atoms with van der Waals surface area (Å²) < 4.78 is 0. The van der Waals surface area contributed by atoms with Crippen molar-refractivity contribution in [3.8, 4) is 0 Å². The Hall–Kier alpha value is -0.0400. The van der Waals surface area contributed by atoms with Gasteiger partial charge in [-0.2, -0.15) is 0 Å². The van der Waals surface area contributed by atoms with Crippen LogP contribution in [0.4, 0.5) is 0 Å². The molecule has 0 heterocycles. The zero-order valence-corrected chi connectivity index (χ0v) is 8.32. The summed E-state index contributed by atoms with van der Waals surface area (Å²) in [6, 6.07) is 0. The minimum absolute atomic E-state index is 1.05. The molecule has 1 aliphatic carbocycles. The molecule has 1 N–H and O–H groups in total. The molecule has 0 saturated heterocycles. The summed E-state index contributed by atoms with van der Waals surface area (Å²) in [7, 11) is 1.96. The van der Waals surface area contributed by atoms with Crippen molar-refractivity contribution in [3.05, 3.63) is 0 Å². The molecule has 68 valence electrons. The molecule has 11 heavy (non-hydrogen) atoms. The zero-order chi connectivity index (χ0) is 8.53. The minimum Gasteiger partial charge on any atom is -0.320 e. The van der Waals surface area contributed by atoms with Gasteiger partial charge in [-0.1, -0.05) is 39.5 Å². The molecule has 0 aromatic carbocycles. The van der Waals surface area contributed by atoms with Gasteiger partial charge in [0.15, 0.2) is 0 Å². The Labute approximate surface area is 71.6 Å². The lowest BCUT2D eigenvalue weighted by Gasteiger charge is -1.91. The lowest BCUT2D eigenvalue weighted by molar-refractivity contribution is 0.612. The fourth-order valence-electron chi connectivity index (χ4n) is 1.38. The molecule has 1 fully saturated rings. The van der Waals surface area contributed by atoms with E-state index in [1.165, 1.54) is 32.1 Å². The van der Waals surface area contributed by atoms with Crippen LogP contribution in [0.15, 0.2) is 0 Å². The van der Waals surface area contributed by atoms with E-state index in [-0.39, 0.29) is 0 Å². The molecule has 0 spiro atoms. The summed E-state index contributed by atoms with van der Waals surface area (Å²) in [4.78, 5) is 0. The van der Waals surface area contributed by atoms with Gasteiger partial charge in [0.05, 0.1) is 0 Å². The van der Waals surface area contributed by atoms with Crippen molar-refractivity contribution < 1.29 is 0 Å². The van der Waals surface area contributed by atoms with Gasteiger partial charge in [-0.3, -0.25) is 0 Å². The maximum absolute atomic E-state index is 3.02. The van der Waals surface area contributed by atoms with E-state index in [1.54, 1.807) is 0 Å². The minimum atomic E-state index is 1.05. The third kappa shape index (κ3) is 7.86. The van der Waals surface area contributed by atoms with E-state index in [0.29, 0.717) is 0 Å². The second-order valence-corrected chi connectivity index (χ2v) is 3.49. The molecule has 0 amide bonds. The van der Waals surface area contributed by atoms with Gasteiger partial charge in [-0.15, -0.1) is 0 Å². The molecule has 1 aliphatic rings. The Morgan fingerprint density at radius 1 is 1.27 bits per heavy atom. The van der Waals surface area contributed by atoms with Crippen LogP contribution < -0.4 is 5.32 Å². The standard InChI is InChI=1S/C6H12.C4H11N/c1-6-4-2-3-5-6;1-3-4-5-2/h6H,2-5H2,1H3;5H,3-4H2,1-2H3. The average molecular weight is 157 g/mol. The van der Waals surface area contributed by atoms with Gasteiger partial charge in [0.1, 0.15) is 0 Å². The maximum atomic E-state index is 3.02. The largest absolute Gasteiger partial charge is 0.320 e. The van der Waals surface area contributed by atoms with Crippen LogP contribution in [-0.4, -0.2) is 13.6 Å². The van der Waals surface area contributed by atoms with Gasteiger partial charge < -0.3 is 5.32 Å². The fraction of sp³-hybridized carbons (Fsp3) is 1.00. The highest BCUT2D eigenvalue weighted by Gasteiger charge is 2.07. The summed E-state index contributed by atoms with van der Waals surface area (Å²) >= 11 is 0. The van der Waals surface area contributed by atoms with E-state index in [0.717, 1.165) is 12.5 Å². The van der Waals surface area contributed by atoms with Crippen molar-refractivity contribution >= 4 is 0 Å². The topological polar surface area (TPSA) is 12.0 Å². The number of hydrogen-bond donors (Lipinski definition) is 1. The molecule has 0 radical (unpaired) electrons. The van der Waals surface area contributed by atoms with Crippen LogP contribution >= 0.6 is 0 Å². The van der Waals surface area contributed by atoms with Crippen LogP contribution in [0, 0.1) is 5.92 Å². The first-order valence-corrected chi connectivity index (χ1v) is 4.95. The van der Waals surface area contributed by atoms with E-state index in [4.69, 9.17) is 0 Å². The number of rotatable bonds is 2. The molecule has 1 saturated carbocycles. The molecule has 0 aliphatic heterocycles. The molecular weight excluding hydrogens is 134 g/mol. The van der Waals surface area contributed by atoms with Gasteiger partial charge in [0.2, 0.25) is 0 Å². The Bertz CT molecular complexity index is 63.3. The molecular formula is C10H23N. The highest BCUT2D eigenvalue weighted by atomic mass is 14.8. The van der Waals surface area contributed by atoms with E-state index >= 15 is 0 Å².